The number of aromatic nitrogens is 4. The van der Waals surface area contributed by atoms with Gasteiger partial charge in [0.15, 0.2) is 0 Å². The Bertz CT molecular complexity index is 1420. The fourth-order valence-electron chi connectivity index (χ4n) is 3.89. The maximum absolute atomic E-state index is 12.1. The zero-order chi connectivity index (χ0) is 21.9. The van der Waals surface area contributed by atoms with Crippen LogP contribution in [-0.4, -0.2) is 19.5 Å². The topological polar surface area (TPSA) is 87.6 Å². The number of aryl methyl sites for hydroxylation is 1. The van der Waals surface area contributed by atoms with E-state index in [0.29, 0.717) is 13.1 Å². The highest BCUT2D eigenvalue weighted by Gasteiger charge is 2.10. The zero-order valence-corrected chi connectivity index (χ0v) is 17.8. The van der Waals surface area contributed by atoms with E-state index in [2.05, 4.69) is 62.0 Å². The molecule has 0 aliphatic rings. The first-order valence-electron chi connectivity index (χ1n) is 10.7. The molecule has 3 N–H and O–H groups in total. The standard InChI is InChI=1S/C25H24N6O/c1-2-31-23-13-21-20(12-22(23)30-25(31)32)24(29-16-28-21)27-15-18-8-10-19(11-9-18)26-14-17-6-4-3-5-7-17/h3-13,16,26H,2,14-15H2,1H3,(H,30,32)(H,27,28,29). The molecule has 5 aromatic rings. The average Bonchev–Trinajstić information content (AvgIpc) is 3.15. The predicted molar refractivity (Wildman–Crippen MR) is 129 cm³/mol. The number of H-pyrrole nitrogens is 1. The van der Waals surface area contributed by atoms with Crippen LogP contribution in [0, 0.1) is 0 Å². The van der Waals surface area contributed by atoms with E-state index in [1.807, 2.05) is 37.3 Å². The van der Waals surface area contributed by atoms with Gasteiger partial charge < -0.3 is 15.6 Å². The maximum atomic E-state index is 12.1. The van der Waals surface area contributed by atoms with Crippen molar-refractivity contribution in [1.82, 2.24) is 19.5 Å². The summed E-state index contributed by atoms with van der Waals surface area (Å²) in [6.07, 6.45) is 1.55. The highest BCUT2D eigenvalue weighted by atomic mass is 16.1. The van der Waals surface area contributed by atoms with Gasteiger partial charge in [-0.15, -0.1) is 0 Å². The Balaban J connectivity index is 1.31. The molecule has 0 saturated heterocycles. The monoisotopic (exact) mass is 424 g/mol. The van der Waals surface area contributed by atoms with Gasteiger partial charge in [-0.2, -0.15) is 0 Å². The molecule has 0 fully saturated rings. The van der Waals surface area contributed by atoms with Gasteiger partial charge >= 0.3 is 5.69 Å². The lowest BCUT2D eigenvalue weighted by Crippen LogP contribution is -2.14. The number of imidazole rings is 1. The normalized spacial score (nSPS) is 11.2. The van der Waals surface area contributed by atoms with E-state index in [-0.39, 0.29) is 5.69 Å². The molecule has 2 aromatic heterocycles. The number of anilines is 2. The molecule has 0 bridgehead atoms. The minimum absolute atomic E-state index is 0.110. The van der Waals surface area contributed by atoms with Gasteiger partial charge in [0.2, 0.25) is 0 Å². The first-order chi connectivity index (χ1) is 15.7. The van der Waals surface area contributed by atoms with Gasteiger partial charge in [0, 0.05) is 30.7 Å². The van der Waals surface area contributed by atoms with Crippen LogP contribution in [0.2, 0.25) is 0 Å². The van der Waals surface area contributed by atoms with E-state index in [1.54, 1.807) is 10.9 Å². The molecule has 0 aliphatic carbocycles. The Kier molecular flexibility index (Phi) is 5.29. The van der Waals surface area contributed by atoms with Crippen LogP contribution in [0.4, 0.5) is 11.5 Å². The van der Waals surface area contributed by atoms with E-state index in [4.69, 9.17) is 0 Å². The third kappa shape index (κ3) is 3.92. The van der Waals surface area contributed by atoms with Crippen molar-refractivity contribution < 1.29 is 0 Å². The van der Waals surface area contributed by atoms with Crippen molar-refractivity contribution in [1.29, 1.82) is 0 Å². The van der Waals surface area contributed by atoms with E-state index < -0.39 is 0 Å². The van der Waals surface area contributed by atoms with Crippen LogP contribution in [0.1, 0.15) is 18.1 Å². The smallest absolute Gasteiger partial charge is 0.326 e. The molecule has 0 aliphatic heterocycles. The lowest BCUT2D eigenvalue weighted by atomic mass is 10.1. The Labute approximate surface area is 185 Å². The Morgan fingerprint density at radius 1 is 0.906 bits per heavy atom. The van der Waals surface area contributed by atoms with Crippen LogP contribution in [0.25, 0.3) is 21.9 Å². The molecule has 0 radical (unpaired) electrons. The van der Waals surface area contributed by atoms with Crippen LogP contribution >= 0.6 is 0 Å². The van der Waals surface area contributed by atoms with Crippen LogP contribution < -0.4 is 16.3 Å². The summed E-state index contributed by atoms with van der Waals surface area (Å²) in [6.45, 7) is 3.99. The van der Waals surface area contributed by atoms with Crippen molar-refractivity contribution in [2.75, 3.05) is 10.6 Å². The zero-order valence-electron chi connectivity index (χ0n) is 17.8. The molecule has 7 heteroatoms. The lowest BCUT2D eigenvalue weighted by Gasteiger charge is -2.10. The third-order valence-corrected chi connectivity index (χ3v) is 5.60. The quantitative estimate of drug-likeness (QED) is 0.358. The molecule has 0 atom stereocenters. The third-order valence-electron chi connectivity index (χ3n) is 5.60. The van der Waals surface area contributed by atoms with Gasteiger partial charge in [-0.05, 0) is 42.3 Å². The average molecular weight is 425 g/mol. The first-order valence-corrected chi connectivity index (χ1v) is 10.7. The Morgan fingerprint density at radius 3 is 2.44 bits per heavy atom. The van der Waals surface area contributed by atoms with Gasteiger partial charge in [0.05, 0.1) is 16.6 Å². The number of benzene rings is 3. The SMILES string of the molecule is CCn1c(=O)[nH]c2cc3c(NCc4ccc(NCc5ccccc5)cc4)ncnc3cc21. The summed E-state index contributed by atoms with van der Waals surface area (Å²) >= 11 is 0. The first kappa shape index (κ1) is 19.8. The molecule has 0 unspecified atom stereocenters. The van der Waals surface area contributed by atoms with Crippen molar-refractivity contribution in [3.05, 3.63) is 94.7 Å². The number of hydrogen-bond acceptors (Lipinski definition) is 5. The molecule has 160 valence electrons. The molecule has 0 saturated carbocycles. The molecule has 32 heavy (non-hydrogen) atoms. The van der Waals surface area contributed by atoms with Crippen molar-refractivity contribution in [2.45, 2.75) is 26.6 Å². The van der Waals surface area contributed by atoms with Gasteiger partial charge in [0.1, 0.15) is 12.1 Å². The highest BCUT2D eigenvalue weighted by Crippen LogP contribution is 2.24. The summed E-state index contributed by atoms with van der Waals surface area (Å²) < 4.78 is 1.71. The second-order valence-electron chi connectivity index (χ2n) is 7.67. The molecule has 3 aromatic carbocycles. The van der Waals surface area contributed by atoms with Gasteiger partial charge in [0.25, 0.3) is 0 Å². The lowest BCUT2D eigenvalue weighted by molar-refractivity contribution is 0.753. The number of fused-ring (bicyclic) bond motifs is 2. The molecule has 2 heterocycles. The summed E-state index contributed by atoms with van der Waals surface area (Å²) in [6, 6.07) is 22.6. The largest absolute Gasteiger partial charge is 0.381 e. The van der Waals surface area contributed by atoms with E-state index in [9.17, 15) is 4.79 Å². The molecule has 0 amide bonds. The fourth-order valence-corrected chi connectivity index (χ4v) is 3.89. The number of nitrogens with one attached hydrogen (secondary N) is 3. The van der Waals surface area contributed by atoms with Crippen LogP contribution in [0.5, 0.6) is 0 Å². The minimum atomic E-state index is -0.110. The molecule has 0 spiro atoms. The van der Waals surface area contributed by atoms with Crippen molar-refractivity contribution >= 4 is 33.4 Å². The van der Waals surface area contributed by atoms with Crippen LogP contribution in [0.15, 0.2) is 77.9 Å². The fraction of sp³-hybridized carbons (Fsp3) is 0.160. The number of nitrogens with zero attached hydrogens (tertiary/aromatic N) is 3. The van der Waals surface area contributed by atoms with Crippen molar-refractivity contribution in [3.8, 4) is 0 Å². The molecule has 7 nitrogen and oxygen atoms in total. The summed E-state index contributed by atoms with van der Waals surface area (Å²) in [7, 11) is 0. The minimum Gasteiger partial charge on any atom is -0.381 e. The summed E-state index contributed by atoms with van der Waals surface area (Å²) in [5, 5.41) is 7.73. The van der Waals surface area contributed by atoms with E-state index in [1.165, 1.54) is 5.56 Å². The van der Waals surface area contributed by atoms with Crippen LogP contribution in [0.3, 0.4) is 0 Å². The van der Waals surface area contributed by atoms with Crippen molar-refractivity contribution in [3.63, 3.8) is 0 Å². The second kappa shape index (κ2) is 8.55. The second-order valence-corrected chi connectivity index (χ2v) is 7.67. The van der Waals surface area contributed by atoms with Crippen molar-refractivity contribution in [2.24, 2.45) is 0 Å². The summed E-state index contributed by atoms with van der Waals surface area (Å²) in [4.78, 5) is 23.9. The van der Waals surface area contributed by atoms with Gasteiger partial charge in [-0.25, -0.2) is 14.8 Å². The molecular weight excluding hydrogens is 400 g/mol. The number of hydrogen-bond donors (Lipinski definition) is 3. The highest BCUT2D eigenvalue weighted by molar-refractivity contribution is 5.98. The van der Waals surface area contributed by atoms with Crippen LogP contribution in [-0.2, 0) is 19.6 Å². The predicted octanol–water partition coefficient (Wildman–Crippen LogP) is 4.52. The van der Waals surface area contributed by atoms with E-state index in [0.717, 1.165) is 45.5 Å². The Hall–Kier alpha value is -4.13. The number of rotatable bonds is 7. The van der Waals surface area contributed by atoms with Gasteiger partial charge in [-0.3, -0.25) is 4.57 Å². The van der Waals surface area contributed by atoms with E-state index >= 15 is 0 Å². The van der Waals surface area contributed by atoms with Gasteiger partial charge in [-0.1, -0.05) is 42.5 Å². The Morgan fingerprint density at radius 2 is 1.66 bits per heavy atom. The molecular formula is C25H24N6O. The summed E-state index contributed by atoms with van der Waals surface area (Å²) in [5.74, 6) is 0.744. The molecule has 5 rings (SSSR count). The maximum Gasteiger partial charge on any atom is 0.326 e. The summed E-state index contributed by atoms with van der Waals surface area (Å²) in [5.41, 5.74) is 5.81. The number of aromatic amines is 1.